The molecule has 1 aromatic heterocycles. The SMILES string of the molecule is CCNc1cc(C(=O)NC2CCCN(C)C2)cc(CC)n1. The second kappa shape index (κ2) is 7.41. The molecular weight excluding hydrogens is 264 g/mol. The van der Waals surface area contributed by atoms with Crippen LogP contribution in [-0.4, -0.2) is 48.5 Å². The van der Waals surface area contributed by atoms with E-state index in [-0.39, 0.29) is 11.9 Å². The molecule has 1 atom stereocenters. The first-order valence-corrected chi connectivity index (χ1v) is 7.86. The number of aryl methyl sites for hydroxylation is 1. The van der Waals surface area contributed by atoms with Crippen LogP contribution in [0.15, 0.2) is 12.1 Å². The van der Waals surface area contributed by atoms with Crippen LogP contribution < -0.4 is 10.6 Å². The maximum atomic E-state index is 12.5. The Bertz CT molecular complexity index is 489. The number of anilines is 1. The number of hydrogen-bond donors (Lipinski definition) is 2. The van der Waals surface area contributed by atoms with E-state index in [1.54, 1.807) is 0 Å². The monoisotopic (exact) mass is 290 g/mol. The summed E-state index contributed by atoms with van der Waals surface area (Å²) >= 11 is 0. The van der Waals surface area contributed by atoms with Crippen LogP contribution in [0.3, 0.4) is 0 Å². The van der Waals surface area contributed by atoms with E-state index in [2.05, 4.69) is 34.5 Å². The van der Waals surface area contributed by atoms with Gasteiger partial charge in [-0.05, 0) is 51.9 Å². The van der Waals surface area contributed by atoms with Crippen molar-refractivity contribution < 1.29 is 4.79 Å². The fourth-order valence-electron chi connectivity index (χ4n) is 2.72. The maximum Gasteiger partial charge on any atom is 0.251 e. The van der Waals surface area contributed by atoms with E-state index in [9.17, 15) is 4.79 Å². The van der Waals surface area contributed by atoms with Crippen molar-refractivity contribution in [3.05, 3.63) is 23.4 Å². The molecular formula is C16H26N4O. The van der Waals surface area contributed by atoms with Gasteiger partial charge in [-0.2, -0.15) is 0 Å². The Morgan fingerprint density at radius 1 is 1.43 bits per heavy atom. The summed E-state index contributed by atoms with van der Waals surface area (Å²) in [6.45, 7) is 6.92. The number of amides is 1. The van der Waals surface area contributed by atoms with Crippen LogP contribution in [0.5, 0.6) is 0 Å². The number of rotatable bonds is 5. The molecule has 0 bridgehead atoms. The Balaban J connectivity index is 2.08. The normalized spacial score (nSPS) is 19.3. The molecule has 0 aliphatic carbocycles. The number of hydrogen-bond acceptors (Lipinski definition) is 4. The molecule has 1 amide bonds. The average Bonchev–Trinajstić information content (AvgIpc) is 2.47. The number of likely N-dealkylation sites (tertiary alicyclic amines) is 1. The zero-order valence-electron chi connectivity index (χ0n) is 13.3. The number of nitrogens with zero attached hydrogens (tertiary/aromatic N) is 2. The zero-order chi connectivity index (χ0) is 15.2. The number of carbonyl (C=O) groups excluding carboxylic acids is 1. The lowest BCUT2D eigenvalue weighted by Crippen LogP contribution is -2.46. The third-order valence-corrected chi connectivity index (χ3v) is 3.82. The van der Waals surface area contributed by atoms with Crippen molar-refractivity contribution in [2.24, 2.45) is 0 Å². The first-order chi connectivity index (χ1) is 10.1. The van der Waals surface area contributed by atoms with Crippen LogP contribution in [0.4, 0.5) is 5.82 Å². The topological polar surface area (TPSA) is 57.3 Å². The van der Waals surface area contributed by atoms with Crippen LogP contribution in [0.1, 0.15) is 42.7 Å². The molecule has 5 heteroatoms. The number of aromatic nitrogens is 1. The van der Waals surface area contributed by atoms with Gasteiger partial charge in [0, 0.05) is 30.4 Å². The smallest absolute Gasteiger partial charge is 0.251 e. The quantitative estimate of drug-likeness (QED) is 0.869. The standard InChI is InChI=1S/C16H26N4O/c1-4-13-9-12(10-15(18-13)17-5-2)16(21)19-14-7-6-8-20(3)11-14/h9-10,14H,4-8,11H2,1-3H3,(H,17,18)(H,19,21). The molecule has 1 aromatic rings. The van der Waals surface area contributed by atoms with Crippen LogP contribution in [0, 0.1) is 0 Å². The van der Waals surface area contributed by atoms with Gasteiger partial charge in [-0.25, -0.2) is 4.98 Å². The summed E-state index contributed by atoms with van der Waals surface area (Å²) < 4.78 is 0. The summed E-state index contributed by atoms with van der Waals surface area (Å²) in [6.07, 6.45) is 3.02. The van der Waals surface area contributed by atoms with Gasteiger partial charge in [0.1, 0.15) is 5.82 Å². The van der Waals surface area contributed by atoms with E-state index in [1.807, 2.05) is 19.1 Å². The van der Waals surface area contributed by atoms with Crippen molar-refractivity contribution >= 4 is 11.7 Å². The third kappa shape index (κ3) is 4.43. The Morgan fingerprint density at radius 2 is 2.24 bits per heavy atom. The van der Waals surface area contributed by atoms with Crippen LogP contribution in [-0.2, 0) is 6.42 Å². The van der Waals surface area contributed by atoms with E-state index >= 15 is 0 Å². The van der Waals surface area contributed by atoms with Crippen LogP contribution in [0.2, 0.25) is 0 Å². The summed E-state index contributed by atoms with van der Waals surface area (Å²) in [5, 5.41) is 6.34. The molecule has 1 aliphatic rings. The predicted octanol–water partition coefficient (Wildman–Crippen LogP) is 1.90. The minimum atomic E-state index is 0.00607. The molecule has 0 saturated carbocycles. The first kappa shape index (κ1) is 15.8. The summed E-state index contributed by atoms with van der Waals surface area (Å²) in [7, 11) is 2.10. The number of pyridine rings is 1. The van der Waals surface area contributed by atoms with E-state index in [0.717, 1.165) is 50.4 Å². The van der Waals surface area contributed by atoms with Crippen molar-refractivity contribution in [3.63, 3.8) is 0 Å². The van der Waals surface area contributed by atoms with Gasteiger partial charge < -0.3 is 15.5 Å². The minimum Gasteiger partial charge on any atom is -0.370 e. The summed E-state index contributed by atoms with van der Waals surface area (Å²) in [6, 6.07) is 3.98. The molecule has 5 nitrogen and oxygen atoms in total. The lowest BCUT2D eigenvalue weighted by atomic mass is 10.1. The summed E-state index contributed by atoms with van der Waals surface area (Å²) in [5.74, 6) is 0.786. The third-order valence-electron chi connectivity index (χ3n) is 3.82. The van der Waals surface area contributed by atoms with Gasteiger partial charge in [0.15, 0.2) is 0 Å². The minimum absolute atomic E-state index is 0.00607. The molecule has 1 aliphatic heterocycles. The second-order valence-corrected chi connectivity index (χ2v) is 5.69. The molecule has 1 saturated heterocycles. The van der Waals surface area contributed by atoms with E-state index < -0.39 is 0 Å². The Kier molecular flexibility index (Phi) is 5.56. The molecule has 2 rings (SSSR count). The van der Waals surface area contributed by atoms with Crippen molar-refractivity contribution in [3.8, 4) is 0 Å². The zero-order valence-corrected chi connectivity index (χ0v) is 13.3. The Labute approximate surface area is 127 Å². The molecule has 21 heavy (non-hydrogen) atoms. The highest BCUT2D eigenvalue weighted by Crippen LogP contribution is 2.13. The van der Waals surface area contributed by atoms with Gasteiger partial charge in [-0.3, -0.25) is 4.79 Å². The highest BCUT2D eigenvalue weighted by atomic mass is 16.1. The summed E-state index contributed by atoms with van der Waals surface area (Å²) in [5.41, 5.74) is 1.64. The Morgan fingerprint density at radius 3 is 2.90 bits per heavy atom. The van der Waals surface area contributed by atoms with Gasteiger partial charge in [0.2, 0.25) is 0 Å². The highest BCUT2D eigenvalue weighted by molar-refractivity contribution is 5.95. The fourth-order valence-corrected chi connectivity index (χ4v) is 2.72. The Hall–Kier alpha value is -1.62. The maximum absolute atomic E-state index is 12.5. The first-order valence-electron chi connectivity index (χ1n) is 7.86. The van der Waals surface area contributed by atoms with E-state index in [1.165, 1.54) is 0 Å². The van der Waals surface area contributed by atoms with Crippen molar-refractivity contribution in [2.45, 2.75) is 39.2 Å². The lowest BCUT2D eigenvalue weighted by Gasteiger charge is -2.30. The molecule has 0 aromatic carbocycles. The van der Waals surface area contributed by atoms with Gasteiger partial charge in [0.05, 0.1) is 0 Å². The van der Waals surface area contributed by atoms with Gasteiger partial charge in [-0.15, -0.1) is 0 Å². The van der Waals surface area contributed by atoms with Gasteiger partial charge in [-0.1, -0.05) is 6.92 Å². The van der Waals surface area contributed by atoms with Gasteiger partial charge in [0.25, 0.3) is 5.91 Å². The summed E-state index contributed by atoms with van der Waals surface area (Å²) in [4.78, 5) is 19.2. The molecule has 116 valence electrons. The lowest BCUT2D eigenvalue weighted by molar-refractivity contribution is 0.0912. The number of nitrogens with one attached hydrogen (secondary N) is 2. The molecule has 1 unspecified atom stereocenters. The molecule has 2 heterocycles. The van der Waals surface area contributed by atoms with Crippen molar-refractivity contribution in [2.75, 3.05) is 32.0 Å². The number of likely N-dealkylation sites (N-methyl/N-ethyl adjacent to an activating group) is 1. The molecule has 0 radical (unpaired) electrons. The molecule has 0 spiro atoms. The number of carbonyl (C=O) groups is 1. The fraction of sp³-hybridized carbons (Fsp3) is 0.625. The van der Waals surface area contributed by atoms with Gasteiger partial charge >= 0.3 is 0 Å². The van der Waals surface area contributed by atoms with Crippen LogP contribution >= 0.6 is 0 Å². The average molecular weight is 290 g/mol. The van der Waals surface area contributed by atoms with Crippen LogP contribution in [0.25, 0.3) is 0 Å². The predicted molar refractivity (Wildman–Crippen MR) is 85.8 cm³/mol. The second-order valence-electron chi connectivity index (χ2n) is 5.69. The molecule has 2 N–H and O–H groups in total. The van der Waals surface area contributed by atoms with E-state index in [4.69, 9.17) is 0 Å². The molecule has 1 fully saturated rings. The largest absolute Gasteiger partial charge is 0.370 e. The number of piperidine rings is 1. The van der Waals surface area contributed by atoms with Crippen molar-refractivity contribution in [1.29, 1.82) is 0 Å². The van der Waals surface area contributed by atoms with Crippen molar-refractivity contribution in [1.82, 2.24) is 15.2 Å². The van der Waals surface area contributed by atoms with E-state index in [0.29, 0.717) is 5.56 Å². The highest BCUT2D eigenvalue weighted by Gasteiger charge is 2.20.